The van der Waals surface area contributed by atoms with Gasteiger partial charge in [-0.1, -0.05) is 6.92 Å². The fraction of sp³-hybridized carbons (Fsp3) is 0.500. The Morgan fingerprint density at radius 3 is 3.24 bits per heavy atom. The van der Waals surface area contributed by atoms with Gasteiger partial charge in [-0.2, -0.15) is 5.10 Å². The molecule has 0 aliphatic heterocycles. The summed E-state index contributed by atoms with van der Waals surface area (Å²) in [5, 5.41) is 9.29. The minimum Gasteiger partial charge on any atom is -0.348 e. The van der Waals surface area contributed by atoms with E-state index in [2.05, 4.69) is 17.3 Å². The summed E-state index contributed by atoms with van der Waals surface area (Å²) in [5.41, 5.74) is 2.16. The van der Waals surface area contributed by atoms with E-state index in [4.69, 9.17) is 0 Å². The highest BCUT2D eigenvalue weighted by Gasteiger charge is 2.23. The number of aromatic nitrogens is 2. The van der Waals surface area contributed by atoms with Crippen molar-refractivity contribution in [2.24, 2.45) is 5.92 Å². The molecule has 0 saturated carbocycles. The molecular formula is C16H21N3OS. The average molecular weight is 303 g/mol. The summed E-state index contributed by atoms with van der Waals surface area (Å²) in [6.07, 6.45) is 7.01. The van der Waals surface area contributed by atoms with Crippen molar-refractivity contribution in [2.45, 2.75) is 45.7 Å². The zero-order valence-electron chi connectivity index (χ0n) is 12.5. The van der Waals surface area contributed by atoms with Crippen LogP contribution in [0.2, 0.25) is 0 Å². The highest BCUT2D eigenvalue weighted by atomic mass is 32.1. The van der Waals surface area contributed by atoms with Gasteiger partial charge in [-0.15, -0.1) is 11.3 Å². The number of hydrogen-bond donors (Lipinski definition) is 1. The Kier molecular flexibility index (Phi) is 4.10. The molecule has 0 bridgehead atoms. The molecule has 2 heterocycles. The van der Waals surface area contributed by atoms with Crippen LogP contribution in [0.5, 0.6) is 0 Å². The minimum atomic E-state index is 0.0571. The van der Waals surface area contributed by atoms with Crippen LogP contribution in [0.4, 0.5) is 0 Å². The van der Waals surface area contributed by atoms with E-state index >= 15 is 0 Å². The van der Waals surface area contributed by atoms with Crippen molar-refractivity contribution < 1.29 is 4.79 Å². The second-order valence-corrected chi connectivity index (χ2v) is 6.97. The van der Waals surface area contributed by atoms with E-state index in [1.54, 1.807) is 17.5 Å². The summed E-state index contributed by atoms with van der Waals surface area (Å²) < 4.78 is 1.84. The second kappa shape index (κ2) is 6.02. The molecule has 1 aliphatic carbocycles. The van der Waals surface area contributed by atoms with Crippen LogP contribution >= 0.6 is 11.3 Å². The van der Waals surface area contributed by atoms with Crippen molar-refractivity contribution in [3.8, 4) is 0 Å². The summed E-state index contributed by atoms with van der Waals surface area (Å²) in [4.78, 5) is 13.9. The number of thiophene rings is 1. The fourth-order valence-electron chi connectivity index (χ4n) is 2.90. The summed E-state index contributed by atoms with van der Waals surface area (Å²) in [6, 6.07) is 1.96. The molecule has 5 heteroatoms. The largest absolute Gasteiger partial charge is 0.348 e. The lowest BCUT2D eigenvalue weighted by atomic mass is 9.88. The average Bonchev–Trinajstić information content (AvgIpc) is 3.06. The molecule has 0 aromatic carbocycles. The minimum absolute atomic E-state index is 0.0571. The molecule has 1 aliphatic rings. The topological polar surface area (TPSA) is 46.9 Å². The molecule has 0 unspecified atom stereocenters. The number of rotatable bonds is 4. The maximum absolute atomic E-state index is 12.5. The normalized spacial score (nSPS) is 19.0. The Morgan fingerprint density at radius 2 is 2.48 bits per heavy atom. The first kappa shape index (κ1) is 14.3. The van der Waals surface area contributed by atoms with Crippen molar-refractivity contribution in [3.05, 3.63) is 39.8 Å². The molecule has 2 atom stereocenters. The number of amides is 1. The van der Waals surface area contributed by atoms with Gasteiger partial charge in [-0.05, 0) is 43.7 Å². The molecule has 1 amide bonds. The van der Waals surface area contributed by atoms with Gasteiger partial charge < -0.3 is 5.32 Å². The Labute approximate surface area is 129 Å². The van der Waals surface area contributed by atoms with Crippen molar-refractivity contribution >= 4 is 17.2 Å². The van der Waals surface area contributed by atoms with Gasteiger partial charge in [-0.3, -0.25) is 9.48 Å². The molecule has 3 rings (SSSR count). The second-order valence-electron chi connectivity index (χ2n) is 6.00. The van der Waals surface area contributed by atoms with Crippen LogP contribution in [0.1, 0.15) is 41.1 Å². The van der Waals surface area contributed by atoms with E-state index in [9.17, 15) is 4.79 Å². The summed E-state index contributed by atoms with van der Waals surface area (Å²) in [7, 11) is 0. The number of hydrogen-bond acceptors (Lipinski definition) is 3. The first-order valence-electron chi connectivity index (χ1n) is 7.51. The standard InChI is InChI=1S/C16H21N3OS/c1-11-4-5-13-14(10-21-15(13)8-11)16(20)18-12(2)9-19-7-3-6-17-19/h3,6-7,10-12H,4-5,8-9H2,1-2H3,(H,18,20)/t11-,12-/m1/s1. The van der Waals surface area contributed by atoms with E-state index in [-0.39, 0.29) is 11.9 Å². The van der Waals surface area contributed by atoms with Gasteiger partial charge in [0, 0.05) is 28.7 Å². The molecule has 0 saturated heterocycles. The van der Waals surface area contributed by atoms with Gasteiger partial charge in [-0.25, -0.2) is 0 Å². The molecule has 0 fully saturated rings. The summed E-state index contributed by atoms with van der Waals surface area (Å²) in [6.45, 7) is 5.00. The van der Waals surface area contributed by atoms with Crippen LogP contribution in [-0.2, 0) is 19.4 Å². The molecule has 2 aromatic heterocycles. The van der Waals surface area contributed by atoms with Crippen LogP contribution in [-0.4, -0.2) is 21.7 Å². The van der Waals surface area contributed by atoms with E-state index < -0.39 is 0 Å². The quantitative estimate of drug-likeness (QED) is 0.944. The van der Waals surface area contributed by atoms with Crippen LogP contribution in [0, 0.1) is 5.92 Å². The number of carbonyl (C=O) groups is 1. The first-order valence-corrected chi connectivity index (χ1v) is 8.39. The van der Waals surface area contributed by atoms with Crippen LogP contribution in [0.15, 0.2) is 23.8 Å². The molecule has 0 spiro atoms. The highest BCUT2D eigenvalue weighted by molar-refractivity contribution is 7.10. The van der Waals surface area contributed by atoms with Gasteiger partial charge in [0.25, 0.3) is 5.91 Å². The fourth-order valence-corrected chi connectivity index (χ4v) is 4.15. The van der Waals surface area contributed by atoms with E-state index in [0.717, 1.165) is 24.3 Å². The third kappa shape index (κ3) is 3.18. The van der Waals surface area contributed by atoms with E-state index in [1.807, 2.05) is 29.2 Å². The third-order valence-electron chi connectivity index (χ3n) is 4.04. The Morgan fingerprint density at radius 1 is 1.62 bits per heavy atom. The van der Waals surface area contributed by atoms with Gasteiger partial charge in [0.1, 0.15) is 0 Å². The Balaban J connectivity index is 1.66. The SMILES string of the molecule is C[C@@H]1CCc2c(C(=O)N[C@H](C)Cn3cccn3)csc2C1. The molecule has 4 nitrogen and oxygen atoms in total. The Bertz CT molecular complexity index is 618. The van der Waals surface area contributed by atoms with Crippen LogP contribution in [0.25, 0.3) is 0 Å². The Hall–Kier alpha value is -1.62. The molecule has 112 valence electrons. The van der Waals surface area contributed by atoms with Crippen molar-refractivity contribution in [1.82, 2.24) is 15.1 Å². The lowest BCUT2D eigenvalue weighted by molar-refractivity contribution is 0.0935. The highest BCUT2D eigenvalue weighted by Crippen LogP contribution is 2.32. The maximum atomic E-state index is 12.5. The molecule has 2 aromatic rings. The van der Waals surface area contributed by atoms with E-state index in [0.29, 0.717) is 6.54 Å². The number of nitrogens with one attached hydrogen (secondary N) is 1. The number of fused-ring (bicyclic) bond motifs is 1. The predicted octanol–water partition coefficient (Wildman–Crippen LogP) is 2.89. The van der Waals surface area contributed by atoms with E-state index in [1.165, 1.54) is 16.9 Å². The third-order valence-corrected chi connectivity index (χ3v) is 5.10. The molecule has 21 heavy (non-hydrogen) atoms. The molecule has 0 radical (unpaired) electrons. The first-order chi connectivity index (χ1) is 10.1. The lowest BCUT2D eigenvalue weighted by Gasteiger charge is -2.19. The smallest absolute Gasteiger partial charge is 0.252 e. The van der Waals surface area contributed by atoms with Gasteiger partial charge in [0.05, 0.1) is 12.1 Å². The van der Waals surface area contributed by atoms with Gasteiger partial charge in [0.2, 0.25) is 0 Å². The summed E-state index contributed by atoms with van der Waals surface area (Å²) in [5.74, 6) is 0.799. The number of carbonyl (C=O) groups excluding carboxylic acids is 1. The monoisotopic (exact) mass is 303 g/mol. The van der Waals surface area contributed by atoms with Gasteiger partial charge >= 0.3 is 0 Å². The van der Waals surface area contributed by atoms with Crippen molar-refractivity contribution in [1.29, 1.82) is 0 Å². The van der Waals surface area contributed by atoms with Crippen molar-refractivity contribution in [3.63, 3.8) is 0 Å². The molecular weight excluding hydrogens is 282 g/mol. The maximum Gasteiger partial charge on any atom is 0.252 e. The zero-order valence-corrected chi connectivity index (χ0v) is 13.3. The van der Waals surface area contributed by atoms with Crippen LogP contribution < -0.4 is 5.32 Å². The van der Waals surface area contributed by atoms with Crippen LogP contribution in [0.3, 0.4) is 0 Å². The molecule has 1 N–H and O–H groups in total. The number of nitrogens with zero attached hydrogens (tertiary/aromatic N) is 2. The lowest BCUT2D eigenvalue weighted by Crippen LogP contribution is -2.36. The zero-order chi connectivity index (χ0) is 14.8. The summed E-state index contributed by atoms with van der Waals surface area (Å²) >= 11 is 1.74. The predicted molar refractivity (Wildman–Crippen MR) is 84.7 cm³/mol. The van der Waals surface area contributed by atoms with Gasteiger partial charge in [0.15, 0.2) is 0 Å². The van der Waals surface area contributed by atoms with Crippen molar-refractivity contribution in [2.75, 3.05) is 0 Å².